The number of benzene rings is 3. The number of amides is 1. The Morgan fingerprint density at radius 3 is 2.44 bits per heavy atom. The van der Waals surface area contributed by atoms with Crippen LogP contribution in [-0.2, 0) is 22.6 Å². The minimum atomic E-state index is -1.31. The van der Waals surface area contributed by atoms with Crippen LogP contribution < -0.4 is 10.1 Å². The van der Waals surface area contributed by atoms with Gasteiger partial charge in [0, 0.05) is 25.7 Å². The lowest BCUT2D eigenvalue weighted by molar-refractivity contribution is -0.135. The Morgan fingerprint density at radius 2 is 1.74 bits per heavy atom. The van der Waals surface area contributed by atoms with Gasteiger partial charge < -0.3 is 20.1 Å². The van der Waals surface area contributed by atoms with Crippen molar-refractivity contribution in [3.8, 4) is 5.75 Å². The monoisotopic (exact) mass is 594 g/mol. The fourth-order valence-corrected chi connectivity index (χ4v) is 5.30. The standard InChI is InChI=1S/C33H35F3N2O2.CH2O2/c1-21-5-3-7-25(22(21)2)20-38(26-12-13-26)33(39)28-19-37-17-16-27(28)24-10-8-23(9-11-24)6-4-18-40-32-30(35)15-14-29(34)31(32)36;2-1-3/h3,5,7-11,14-16,26,28,37H,4,6,12-13,17-20H2,1-2H3;1H,(H,2,3). The lowest BCUT2D eigenvalue weighted by Crippen LogP contribution is -2.43. The number of nitrogens with one attached hydrogen (secondary N) is 1. The van der Waals surface area contributed by atoms with Crippen molar-refractivity contribution >= 4 is 18.0 Å². The molecule has 3 aromatic carbocycles. The molecule has 1 fully saturated rings. The summed E-state index contributed by atoms with van der Waals surface area (Å²) in [5.74, 6) is -4.13. The zero-order valence-electron chi connectivity index (χ0n) is 24.4. The van der Waals surface area contributed by atoms with Crippen molar-refractivity contribution in [3.05, 3.63) is 106 Å². The van der Waals surface area contributed by atoms with E-state index >= 15 is 0 Å². The molecule has 2 aliphatic rings. The minimum Gasteiger partial charge on any atom is -0.488 e. The largest absolute Gasteiger partial charge is 0.488 e. The van der Waals surface area contributed by atoms with Gasteiger partial charge in [-0.25, -0.2) is 8.78 Å². The number of nitrogens with zero attached hydrogens (tertiary/aromatic N) is 1. The summed E-state index contributed by atoms with van der Waals surface area (Å²) in [6.07, 6.45) is 5.35. The number of ether oxygens (including phenoxy) is 1. The minimum absolute atomic E-state index is 0.0594. The number of aryl methyl sites for hydroxylation is 2. The molecule has 0 spiro atoms. The maximum atomic E-state index is 13.9. The Balaban J connectivity index is 0.00000135. The molecule has 5 rings (SSSR count). The van der Waals surface area contributed by atoms with Crippen molar-refractivity contribution in [1.29, 1.82) is 0 Å². The van der Waals surface area contributed by atoms with Crippen molar-refractivity contribution in [3.63, 3.8) is 0 Å². The summed E-state index contributed by atoms with van der Waals surface area (Å²) < 4.78 is 46.1. The van der Waals surface area contributed by atoms with Crippen LogP contribution in [-0.4, -0.2) is 48.1 Å². The highest BCUT2D eigenvalue weighted by Crippen LogP contribution is 2.34. The fraction of sp³-hybridized carbons (Fsp3) is 0.353. The Kier molecular flexibility index (Phi) is 11.0. The molecule has 0 aromatic heterocycles. The number of halogens is 3. The van der Waals surface area contributed by atoms with E-state index in [-0.39, 0.29) is 24.9 Å². The lowest BCUT2D eigenvalue weighted by Gasteiger charge is -2.32. The Bertz CT molecular complexity index is 1450. The van der Waals surface area contributed by atoms with Crippen LogP contribution in [0.5, 0.6) is 5.75 Å². The Labute approximate surface area is 250 Å². The molecule has 2 N–H and O–H groups in total. The third-order valence-corrected chi connectivity index (χ3v) is 7.96. The molecule has 228 valence electrons. The summed E-state index contributed by atoms with van der Waals surface area (Å²) >= 11 is 0. The first kappa shape index (κ1) is 31.8. The van der Waals surface area contributed by atoms with Crippen molar-refractivity contribution < 1.29 is 32.6 Å². The second-order valence-corrected chi connectivity index (χ2v) is 10.9. The highest BCUT2D eigenvalue weighted by Gasteiger charge is 2.38. The molecule has 1 amide bonds. The second kappa shape index (κ2) is 14.9. The molecule has 1 heterocycles. The van der Waals surface area contributed by atoms with Gasteiger partial charge in [-0.2, -0.15) is 4.39 Å². The van der Waals surface area contributed by atoms with E-state index in [1.54, 1.807) is 0 Å². The fourth-order valence-electron chi connectivity index (χ4n) is 5.30. The Morgan fingerprint density at radius 1 is 1.05 bits per heavy atom. The van der Waals surface area contributed by atoms with Gasteiger partial charge in [0.1, 0.15) is 0 Å². The van der Waals surface area contributed by atoms with Gasteiger partial charge in [-0.15, -0.1) is 0 Å². The van der Waals surface area contributed by atoms with Gasteiger partial charge in [0.15, 0.2) is 17.4 Å². The van der Waals surface area contributed by atoms with Crippen LogP contribution in [0, 0.1) is 37.2 Å². The summed E-state index contributed by atoms with van der Waals surface area (Å²) in [6.45, 7) is 5.99. The summed E-state index contributed by atoms with van der Waals surface area (Å²) in [6, 6.07) is 16.3. The number of hydrogen-bond donors (Lipinski definition) is 2. The number of hydrogen-bond acceptors (Lipinski definition) is 4. The van der Waals surface area contributed by atoms with Gasteiger partial charge in [-0.3, -0.25) is 9.59 Å². The van der Waals surface area contributed by atoms with Crippen LogP contribution in [0.15, 0.2) is 60.7 Å². The highest BCUT2D eigenvalue weighted by atomic mass is 19.2. The molecule has 6 nitrogen and oxygen atoms in total. The first-order valence-corrected chi connectivity index (χ1v) is 14.4. The van der Waals surface area contributed by atoms with Crippen LogP contribution in [0.1, 0.15) is 47.1 Å². The third-order valence-electron chi connectivity index (χ3n) is 7.96. The molecule has 0 bridgehead atoms. The van der Waals surface area contributed by atoms with Crippen molar-refractivity contribution in [2.45, 2.75) is 52.1 Å². The van der Waals surface area contributed by atoms with Gasteiger partial charge in [-0.05, 0) is 85.1 Å². The molecule has 1 saturated carbocycles. The molecule has 0 saturated heterocycles. The topological polar surface area (TPSA) is 78.9 Å². The molecule has 1 aliphatic carbocycles. The van der Waals surface area contributed by atoms with E-state index in [2.05, 4.69) is 48.3 Å². The molecule has 1 unspecified atom stereocenters. The van der Waals surface area contributed by atoms with E-state index in [4.69, 9.17) is 14.6 Å². The first-order valence-electron chi connectivity index (χ1n) is 14.4. The maximum Gasteiger partial charge on any atom is 0.290 e. The molecule has 1 aliphatic heterocycles. The first-order chi connectivity index (χ1) is 20.7. The van der Waals surface area contributed by atoms with Gasteiger partial charge in [0.2, 0.25) is 11.7 Å². The molecular formula is C34H37F3N2O4. The molecule has 43 heavy (non-hydrogen) atoms. The molecule has 9 heteroatoms. The van der Waals surface area contributed by atoms with E-state index in [9.17, 15) is 18.0 Å². The normalized spacial score (nSPS) is 16.0. The van der Waals surface area contributed by atoms with Gasteiger partial charge in [0.25, 0.3) is 6.47 Å². The lowest BCUT2D eigenvalue weighted by atomic mass is 9.87. The van der Waals surface area contributed by atoms with E-state index in [0.717, 1.165) is 41.7 Å². The summed E-state index contributed by atoms with van der Waals surface area (Å²) in [5, 5.41) is 10.3. The number of carboxylic acid groups (broad SMARTS) is 1. The van der Waals surface area contributed by atoms with Crippen LogP contribution >= 0.6 is 0 Å². The quantitative estimate of drug-likeness (QED) is 0.165. The molecule has 3 aromatic rings. The predicted octanol–water partition coefficient (Wildman–Crippen LogP) is 6.23. The van der Waals surface area contributed by atoms with Crippen molar-refractivity contribution in [1.82, 2.24) is 10.2 Å². The van der Waals surface area contributed by atoms with Crippen molar-refractivity contribution in [2.24, 2.45) is 5.92 Å². The summed E-state index contributed by atoms with van der Waals surface area (Å²) in [7, 11) is 0. The predicted molar refractivity (Wildman–Crippen MR) is 159 cm³/mol. The van der Waals surface area contributed by atoms with E-state index in [0.29, 0.717) is 38.5 Å². The highest BCUT2D eigenvalue weighted by molar-refractivity contribution is 5.93. The second-order valence-electron chi connectivity index (χ2n) is 10.9. The van der Waals surface area contributed by atoms with Gasteiger partial charge >= 0.3 is 0 Å². The average Bonchev–Trinajstić information content (AvgIpc) is 3.85. The Hall–Kier alpha value is -4.11. The zero-order chi connectivity index (χ0) is 30.9. The smallest absolute Gasteiger partial charge is 0.290 e. The average molecular weight is 595 g/mol. The summed E-state index contributed by atoms with van der Waals surface area (Å²) in [4.78, 5) is 24.4. The van der Waals surface area contributed by atoms with Crippen LogP contribution in [0.3, 0.4) is 0 Å². The SMILES string of the molecule is Cc1cccc(CN(C(=O)C2CNCC=C2c2ccc(CCCOc3c(F)ccc(F)c3F)cc2)C2CC2)c1C.O=CO. The van der Waals surface area contributed by atoms with Crippen molar-refractivity contribution in [2.75, 3.05) is 19.7 Å². The molecular weight excluding hydrogens is 557 g/mol. The van der Waals surface area contributed by atoms with Crippen LogP contribution in [0.2, 0.25) is 0 Å². The third kappa shape index (κ3) is 8.04. The van der Waals surface area contributed by atoms with Gasteiger partial charge in [-0.1, -0.05) is 48.5 Å². The number of rotatable bonds is 10. The van der Waals surface area contributed by atoms with E-state index < -0.39 is 23.2 Å². The molecule has 1 atom stereocenters. The van der Waals surface area contributed by atoms with E-state index in [1.807, 2.05) is 24.3 Å². The number of carbonyl (C=O) groups excluding carboxylic acids is 1. The summed E-state index contributed by atoms with van der Waals surface area (Å²) in [5.41, 5.74) is 6.78. The van der Waals surface area contributed by atoms with Gasteiger partial charge in [0.05, 0.1) is 12.5 Å². The van der Waals surface area contributed by atoms with Crippen LogP contribution in [0.25, 0.3) is 5.57 Å². The van der Waals surface area contributed by atoms with Crippen LogP contribution in [0.4, 0.5) is 13.2 Å². The number of carbonyl (C=O) groups is 2. The van der Waals surface area contributed by atoms with E-state index in [1.165, 1.54) is 16.7 Å². The maximum absolute atomic E-state index is 13.9. The molecule has 0 radical (unpaired) electrons. The zero-order valence-corrected chi connectivity index (χ0v) is 24.4.